The topological polar surface area (TPSA) is 80.6 Å². The summed E-state index contributed by atoms with van der Waals surface area (Å²) in [5.74, 6) is 0.109. The summed E-state index contributed by atoms with van der Waals surface area (Å²) < 4.78 is 7.15. The number of amides is 2. The number of likely N-dealkylation sites (N-methyl/N-ethyl adjacent to an activating group) is 1. The Kier molecular flexibility index (Phi) is 3.52. The summed E-state index contributed by atoms with van der Waals surface area (Å²) >= 11 is 0. The van der Waals surface area contributed by atoms with Crippen molar-refractivity contribution in [1.82, 2.24) is 24.6 Å². The molecule has 0 aromatic carbocycles. The molecule has 8 nitrogen and oxygen atoms in total. The van der Waals surface area contributed by atoms with Gasteiger partial charge in [0.1, 0.15) is 12.7 Å². The molecular formula is C13H19N5O3. The first kappa shape index (κ1) is 13.8. The molecule has 114 valence electrons. The number of likely N-dealkylation sites (tertiary alicyclic amines) is 1. The lowest BCUT2D eigenvalue weighted by Gasteiger charge is -2.21. The van der Waals surface area contributed by atoms with Crippen molar-refractivity contribution in [2.45, 2.75) is 31.4 Å². The van der Waals surface area contributed by atoms with Gasteiger partial charge in [-0.1, -0.05) is 0 Å². The largest absolute Gasteiger partial charge is 0.439 e. The van der Waals surface area contributed by atoms with E-state index in [1.165, 1.54) is 6.33 Å². The van der Waals surface area contributed by atoms with Crippen LogP contribution in [0.25, 0.3) is 0 Å². The van der Waals surface area contributed by atoms with Crippen molar-refractivity contribution in [1.29, 1.82) is 0 Å². The van der Waals surface area contributed by atoms with E-state index in [2.05, 4.69) is 10.1 Å². The zero-order valence-electron chi connectivity index (χ0n) is 12.1. The minimum atomic E-state index is -0.493. The predicted octanol–water partition coefficient (Wildman–Crippen LogP) is 0.111. The number of hydrogen-bond acceptors (Lipinski definition) is 5. The third-order valence-electron chi connectivity index (χ3n) is 4.05. The lowest BCUT2D eigenvalue weighted by atomic mass is 10.0. The maximum atomic E-state index is 12.2. The second kappa shape index (κ2) is 5.34. The smallest absolute Gasteiger partial charge is 0.410 e. The van der Waals surface area contributed by atoms with Gasteiger partial charge in [0, 0.05) is 33.0 Å². The fourth-order valence-electron chi connectivity index (χ4n) is 2.96. The first-order chi connectivity index (χ1) is 10.1. The molecule has 0 unspecified atom stereocenters. The number of carbonyl (C=O) groups is 2. The van der Waals surface area contributed by atoms with Gasteiger partial charge in [-0.15, -0.1) is 0 Å². The van der Waals surface area contributed by atoms with E-state index in [1.807, 2.05) is 0 Å². The first-order valence-electron chi connectivity index (χ1n) is 7.12. The van der Waals surface area contributed by atoms with E-state index < -0.39 is 5.60 Å². The molecule has 1 aromatic heterocycles. The van der Waals surface area contributed by atoms with Crippen molar-refractivity contribution in [2.75, 3.05) is 26.7 Å². The molecule has 0 saturated carbocycles. The second-order valence-electron chi connectivity index (χ2n) is 5.73. The summed E-state index contributed by atoms with van der Waals surface area (Å²) in [4.78, 5) is 30.9. The maximum Gasteiger partial charge on any atom is 0.410 e. The van der Waals surface area contributed by atoms with Crippen molar-refractivity contribution in [3.05, 3.63) is 12.7 Å². The van der Waals surface area contributed by atoms with Gasteiger partial charge in [0.25, 0.3) is 0 Å². The van der Waals surface area contributed by atoms with E-state index in [4.69, 9.17) is 4.74 Å². The molecule has 21 heavy (non-hydrogen) atoms. The Morgan fingerprint density at radius 1 is 1.48 bits per heavy atom. The highest BCUT2D eigenvalue weighted by Gasteiger charge is 2.49. The molecule has 2 saturated heterocycles. The highest BCUT2D eigenvalue weighted by Crippen LogP contribution is 2.32. The van der Waals surface area contributed by atoms with Crippen molar-refractivity contribution in [3.63, 3.8) is 0 Å². The average molecular weight is 293 g/mol. The van der Waals surface area contributed by atoms with Crippen LogP contribution in [0.4, 0.5) is 4.79 Å². The number of carbonyl (C=O) groups excluding carboxylic acids is 2. The lowest BCUT2D eigenvalue weighted by molar-refractivity contribution is -0.131. The van der Waals surface area contributed by atoms with Crippen LogP contribution >= 0.6 is 0 Å². The van der Waals surface area contributed by atoms with Crippen molar-refractivity contribution in [2.24, 2.45) is 0 Å². The van der Waals surface area contributed by atoms with E-state index in [1.54, 1.807) is 27.9 Å². The van der Waals surface area contributed by atoms with Gasteiger partial charge in [-0.3, -0.25) is 9.48 Å². The molecule has 2 aliphatic heterocycles. The summed E-state index contributed by atoms with van der Waals surface area (Å²) in [6.45, 7) is 2.41. The summed E-state index contributed by atoms with van der Waals surface area (Å²) in [5, 5.41) is 4.00. The molecule has 0 bridgehead atoms. The molecule has 1 spiro atoms. The zero-order chi connectivity index (χ0) is 14.9. The van der Waals surface area contributed by atoms with Gasteiger partial charge in [0.05, 0.1) is 13.1 Å². The molecule has 3 heterocycles. The van der Waals surface area contributed by atoms with Crippen LogP contribution in [-0.4, -0.2) is 68.8 Å². The number of nitrogens with zero attached hydrogens (tertiary/aromatic N) is 5. The molecule has 1 aromatic rings. The Morgan fingerprint density at radius 3 is 3.00 bits per heavy atom. The van der Waals surface area contributed by atoms with E-state index >= 15 is 0 Å². The monoisotopic (exact) mass is 293 g/mol. The zero-order valence-corrected chi connectivity index (χ0v) is 12.1. The molecule has 3 rings (SSSR count). The molecule has 0 N–H and O–H groups in total. The number of aromatic nitrogens is 3. The minimum absolute atomic E-state index is 0.109. The quantitative estimate of drug-likeness (QED) is 0.787. The van der Waals surface area contributed by atoms with Crippen LogP contribution in [0.5, 0.6) is 0 Å². The molecule has 1 atom stereocenters. The van der Waals surface area contributed by atoms with E-state index in [0.717, 1.165) is 12.8 Å². The van der Waals surface area contributed by atoms with Gasteiger partial charge in [0.2, 0.25) is 5.91 Å². The number of ether oxygens (including phenoxy) is 1. The molecule has 2 fully saturated rings. The van der Waals surface area contributed by atoms with Crippen molar-refractivity contribution in [3.8, 4) is 0 Å². The van der Waals surface area contributed by atoms with Gasteiger partial charge in [-0.05, 0) is 6.42 Å². The van der Waals surface area contributed by atoms with Crippen LogP contribution < -0.4 is 0 Å². The van der Waals surface area contributed by atoms with Crippen LogP contribution in [0, 0.1) is 0 Å². The predicted molar refractivity (Wildman–Crippen MR) is 72.3 cm³/mol. The lowest BCUT2D eigenvalue weighted by Crippen LogP contribution is -2.39. The highest BCUT2D eigenvalue weighted by molar-refractivity contribution is 5.77. The van der Waals surface area contributed by atoms with Crippen LogP contribution in [0.1, 0.15) is 19.3 Å². The molecule has 0 radical (unpaired) electrons. The Hall–Kier alpha value is -2.12. The highest BCUT2D eigenvalue weighted by atomic mass is 16.6. The minimum Gasteiger partial charge on any atom is -0.439 e. The van der Waals surface area contributed by atoms with Crippen molar-refractivity contribution >= 4 is 12.0 Å². The van der Waals surface area contributed by atoms with Gasteiger partial charge < -0.3 is 14.5 Å². The van der Waals surface area contributed by atoms with Gasteiger partial charge >= 0.3 is 6.09 Å². The molecule has 8 heteroatoms. The Morgan fingerprint density at radius 2 is 2.33 bits per heavy atom. The molecule has 0 aliphatic carbocycles. The fraction of sp³-hybridized carbons (Fsp3) is 0.692. The second-order valence-corrected chi connectivity index (χ2v) is 5.73. The van der Waals surface area contributed by atoms with Crippen molar-refractivity contribution < 1.29 is 14.3 Å². The average Bonchev–Trinajstić information content (AvgIpc) is 3.13. The summed E-state index contributed by atoms with van der Waals surface area (Å²) in [7, 11) is 1.72. The number of aryl methyl sites for hydroxylation is 1. The van der Waals surface area contributed by atoms with Crippen LogP contribution in [-0.2, 0) is 16.1 Å². The van der Waals surface area contributed by atoms with Gasteiger partial charge in [0.15, 0.2) is 5.60 Å². The molecule has 2 amide bonds. The Balaban J connectivity index is 1.47. The Bertz CT molecular complexity index is 532. The normalized spacial score (nSPS) is 24.9. The SMILES string of the molecule is CN1C[C@@]2(CCN(C(=O)CCCn3cncn3)C2)OC1=O. The van der Waals surface area contributed by atoms with Gasteiger partial charge in [-0.2, -0.15) is 5.10 Å². The van der Waals surface area contributed by atoms with E-state index in [9.17, 15) is 9.59 Å². The molecular weight excluding hydrogens is 274 g/mol. The van der Waals surface area contributed by atoms with Crippen LogP contribution in [0.2, 0.25) is 0 Å². The number of hydrogen-bond donors (Lipinski definition) is 0. The van der Waals surface area contributed by atoms with Crippen LogP contribution in [0.3, 0.4) is 0 Å². The van der Waals surface area contributed by atoms with E-state index in [-0.39, 0.29) is 12.0 Å². The molecule has 2 aliphatic rings. The summed E-state index contributed by atoms with van der Waals surface area (Å²) in [6, 6.07) is 0. The summed E-state index contributed by atoms with van der Waals surface area (Å²) in [5.41, 5.74) is -0.493. The van der Waals surface area contributed by atoms with Crippen LogP contribution in [0.15, 0.2) is 12.7 Å². The van der Waals surface area contributed by atoms with Gasteiger partial charge in [-0.25, -0.2) is 9.78 Å². The van der Waals surface area contributed by atoms with E-state index in [0.29, 0.717) is 32.6 Å². The third kappa shape index (κ3) is 2.84. The number of rotatable bonds is 4. The Labute approximate surface area is 122 Å². The fourth-order valence-corrected chi connectivity index (χ4v) is 2.96. The maximum absolute atomic E-state index is 12.2. The third-order valence-corrected chi connectivity index (χ3v) is 4.05. The summed E-state index contributed by atoms with van der Waals surface area (Å²) in [6.07, 6.45) is 4.75. The first-order valence-corrected chi connectivity index (χ1v) is 7.12. The standard InChI is InChI=1S/C13H19N5O3/c1-16-7-13(21-12(16)20)4-6-17(8-13)11(19)3-2-5-18-10-14-9-15-18/h9-10H,2-8H2,1H3/t13-/m1/s1.